The molecule has 17 heavy (non-hydrogen) atoms. The van der Waals surface area contributed by atoms with Gasteiger partial charge in [-0.25, -0.2) is 4.98 Å². The van der Waals surface area contributed by atoms with Crippen LogP contribution in [0, 0.1) is 0 Å². The van der Waals surface area contributed by atoms with Crippen molar-refractivity contribution in [1.82, 2.24) is 19.8 Å². The van der Waals surface area contributed by atoms with E-state index in [1.807, 2.05) is 11.6 Å². The smallest absolute Gasteiger partial charge is 0.128 e. The van der Waals surface area contributed by atoms with Gasteiger partial charge in [0.15, 0.2) is 0 Å². The van der Waals surface area contributed by atoms with Gasteiger partial charge in [-0.1, -0.05) is 11.6 Å². The standard InChI is InChI=1S/C12H21ClN4/c1-16(2)12(5-4-6-12)9-14-8-11-15-7-10(13)17(11)3/h7,14H,4-6,8-9H2,1-3H3. The van der Waals surface area contributed by atoms with Crippen molar-refractivity contribution in [3.8, 4) is 0 Å². The van der Waals surface area contributed by atoms with E-state index in [4.69, 9.17) is 11.6 Å². The number of hydrogen-bond donors (Lipinski definition) is 1. The van der Waals surface area contributed by atoms with Crippen LogP contribution in [0.4, 0.5) is 0 Å². The average molecular weight is 257 g/mol. The quantitative estimate of drug-likeness (QED) is 0.870. The van der Waals surface area contributed by atoms with Gasteiger partial charge in [0.05, 0.1) is 12.7 Å². The Kier molecular flexibility index (Phi) is 3.76. The monoisotopic (exact) mass is 256 g/mol. The van der Waals surface area contributed by atoms with Crippen molar-refractivity contribution in [2.45, 2.75) is 31.3 Å². The minimum atomic E-state index is 0.356. The van der Waals surface area contributed by atoms with E-state index in [1.54, 1.807) is 6.20 Å². The second kappa shape index (κ2) is 4.96. The Morgan fingerprint density at radius 1 is 1.53 bits per heavy atom. The fourth-order valence-electron chi connectivity index (χ4n) is 2.36. The number of aromatic nitrogens is 2. The Hall–Kier alpha value is -0.580. The van der Waals surface area contributed by atoms with Gasteiger partial charge in [-0.05, 0) is 33.4 Å². The fraction of sp³-hybridized carbons (Fsp3) is 0.750. The Bertz CT molecular complexity index is 382. The van der Waals surface area contributed by atoms with Gasteiger partial charge >= 0.3 is 0 Å². The average Bonchev–Trinajstić information content (AvgIpc) is 2.52. The van der Waals surface area contributed by atoms with Crippen molar-refractivity contribution in [2.75, 3.05) is 20.6 Å². The van der Waals surface area contributed by atoms with E-state index in [9.17, 15) is 0 Å². The Morgan fingerprint density at radius 3 is 2.65 bits per heavy atom. The number of nitrogens with zero attached hydrogens (tertiary/aromatic N) is 3. The molecule has 4 nitrogen and oxygen atoms in total. The summed E-state index contributed by atoms with van der Waals surface area (Å²) in [4.78, 5) is 6.62. The maximum atomic E-state index is 5.95. The van der Waals surface area contributed by atoms with Gasteiger partial charge in [0.1, 0.15) is 11.0 Å². The lowest BCUT2D eigenvalue weighted by atomic mass is 9.75. The highest BCUT2D eigenvalue weighted by atomic mass is 35.5. The van der Waals surface area contributed by atoms with E-state index in [-0.39, 0.29) is 0 Å². The first-order valence-corrected chi connectivity index (χ1v) is 6.47. The van der Waals surface area contributed by atoms with Gasteiger partial charge in [-0.15, -0.1) is 0 Å². The third-order valence-electron chi connectivity index (χ3n) is 4.00. The molecule has 0 bridgehead atoms. The van der Waals surface area contributed by atoms with Gasteiger partial charge < -0.3 is 14.8 Å². The van der Waals surface area contributed by atoms with Crippen molar-refractivity contribution >= 4 is 11.6 Å². The van der Waals surface area contributed by atoms with Crippen LogP contribution >= 0.6 is 11.6 Å². The number of halogens is 1. The number of imidazole rings is 1. The lowest BCUT2D eigenvalue weighted by molar-refractivity contribution is 0.0596. The molecule has 2 rings (SSSR count). The molecule has 0 aromatic carbocycles. The molecule has 1 aliphatic rings. The summed E-state index contributed by atoms with van der Waals surface area (Å²) in [7, 11) is 6.27. The van der Waals surface area contributed by atoms with Crippen LogP contribution in [0.2, 0.25) is 5.15 Å². The summed E-state index contributed by atoms with van der Waals surface area (Å²) < 4.78 is 1.91. The van der Waals surface area contributed by atoms with E-state index in [0.29, 0.717) is 10.7 Å². The highest BCUT2D eigenvalue weighted by Gasteiger charge is 2.38. The van der Waals surface area contributed by atoms with E-state index in [1.165, 1.54) is 19.3 Å². The molecule has 0 saturated heterocycles. The predicted octanol–water partition coefficient (Wildman–Crippen LogP) is 1.65. The third-order valence-corrected chi connectivity index (χ3v) is 4.35. The van der Waals surface area contributed by atoms with Crippen LogP contribution in [-0.4, -0.2) is 40.6 Å². The molecule has 0 unspecified atom stereocenters. The molecule has 1 heterocycles. The van der Waals surface area contributed by atoms with Crippen molar-refractivity contribution in [2.24, 2.45) is 7.05 Å². The SMILES string of the molecule is CN(C)C1(CNCc2ncc(Cl)n2C)CCC1. The van der Waals surface area contributed by atoms with E-state index >= 15 is 0 Å². The Morgan fingerprint density at radius 2 is 2.24 bits per heavy atom. The van der Waals surface area contributed by atoms with Crippen LogP contribution in [0.3, 0.4) is 0 Å². The minimum absolute atomic E-state index is 0.356. The normalized spacial score (nSPS) is 18.4. The number of rotatable bonds is 5. The summed E-state index contributed by atoms with van der Waals surface area (Å²) >= 11 is 5.95. The summed E-state index contributed by atoms with van der Waals surface area (Å²) in [6, 6.07) is 0. The van der Waals surface area contributed by atoms with Crippen LogP contribution in [-0.2, 0) is 13.6 Å². The number of hydrogen-bond acceptors (Lipinski definition) is 3. The molecule has 0 radical (unpaired) electrons. The number of likely N-dealkylation sites (N-methyl/N-ethyl adjacent to an activating group) is 1. The molecular formula is C12H21ClN4. The summed E-state index contributed by atoms with van der Waals surface area (Å²) in [6.07, 6.45) is 5.61. The molecule has 5 heteroatoms. The Balaban J connectivity index is 1.85. The zero-order chi connectivity index (χ0) is 12.5. The number of nitrogens with one attached hydrogen (secondary N) is 1. The van der Waals surface area contributed by atoms with E-state index < -0.39 is 0 Å². The molecule has 1 N–H and O–H groups in total. The van der Waals surface area contributed by atoms with Crippen LogP contribution < -0.4 is 5.32 Å². The first-order chi connectivity index (χ1) is 8.05. The molecule has 1 fully saturated rings. The van der Waals surface area contributed by atoms with Gasteiger partial charge in [-0.2, -0.15) is 0 Å². The molecule has 96 valence electrons. The molecular weight excluding hydrogens is 236 g/mol. The predicted molar refractivity (Wildman–Crippen MR) is 70.2 cm³/mol. The topological polar surface area (TPSA) is 33.1 Å². The maximum Gasteiger partial charge on any atom is 0.128 e. The molecule has 0 spiro atoms. The van der Waals surface area contributed by atoms with Crippen LogP contribution in [0.25, 0.3) is 0 Å². The fourth-order valence-corrected chi connectivity index (χ4v) is 2.51. The lowest BCUT2D eigenvalue weighted by Crippen LogP contribution is -2.56. The second-order valence-corrected chi connectivity index (χ2v) is 5.52. The molecule has 1 aromatic rings. The molecule has 1 aromatic heterocycles. The largest absolute Gasteiger partial charge is 0.321 e. The molecule has 1 saturated carbocycles. The molecule has 0 atom stereocenters. The first kappa shape index (κ1) is 12.9. The van der Waals surface area contributed by atoms with Crippen LogP contribution in [0.1, 0.15) is 25.1 Å². The zero-order valence-corrected chi connectivity index (χ0v) is 11.6. The van der Waals surface area contributed by atoms with Crippen LogP contribution in [0.15, 0.2) is 6.20 Å². The van der Waals surface area contributed by atoms with Crippen molar-refractivity contribution in [3.05, 3.63) is 17.2 Å². The zero-order valence-electron chi connectivity index (χ0n) is 10.8. The van der Waals surface area contributed by atoms with Crippen molar-refractivity contribution in [3.63, 3.8) is 0 Å². The second-order valence-electron chi connectivity index (χ2n) is 5.13. The van der Waals surface area contributed by atoms with E-state index in [2.05, 4.69) is 29.3 Å². The highest BCUT2D eigenvalue weighted by Crippen LogP contribution is 2.35. The van der Waals surface area contributed by atoms with E-state index in [0.717, 1.165) is 18.9 Å². The highest BCUT2D eigenvalue weighted by molar-refractivity contribution is 6.29. The van der Waals surface area contributed by atoms with Gasteiger partial charge in [-0.3, -0.25) is 0 Å². The maximum absolute atomic E-state index is 5.95. The lowest BCUT2D eigenvalue weighted by Gasteiger charge is -2.47. The minimum Gasteiger partial charge on any atom is -0.321 e. The van der Waals surface area contributed by atoms with Crippen LogP contribution in [0.5, 0.6) is 0 Å². The summed E-state index contributed by atoms with van der Waals surface area (Å²) in [5, 5.41) is 4.18. The Labute approximate surface area is 108 Å². The summed E-state index contributed by atoms with van der Waals surface area (Å²) in [5.41, 5.74) is 0.356. The van der Waals surface area contributed by atoms with Crippen molar-refractivity contribution in [1.29, 1.82) is 0 Å². The first-order valence-electron chi connectivity index (χ1n) is 6.09. The molecule has 0 aliphatic heterocycles. The van der Waals surface area contributed by atoms with Crippen molar-refractivity contribution < 1.29 is 0 Å². The molecule has 0 amide bonds. The molecule has 1 aliphatic carbocycles. The summed E-state index contributed by atoms with van der Waals surface area (Å²) in [6.45, 7) is 1.79. The van der Waals surface area contributed by atoms with Gasteiger partial charge in [0, 0.05) is 19.1 Å². The van der Waals surface area contributed by atoms with Gasteiger partial charge in [0.25, 0.3) is 0 Å². The summed E-state index contributed by atoms with van der Waals surface area (Å²) in [5.74, 6) is 0.989. The van der Waals surface area contributed by atoms with Gasteiger partial charge in [0.2, 0.25) is 0 Å². The third kappa shape index (κ3) is 2.49.